The molecule has 0 amide bonds. The Morgan fingerprint density at radius 1 is 1.21 bits per heavy atom. The maximum Gasteiger partial charge on any atom is 0.253 e. The number of ether oxygens (including phenoxy) is 1. The van der Waals surface area contributed by atoms with Gasteiger partial charge in [0.15, 0.2) is 5.82 Å². The summed E-state index contributed by atoms with van der Waals surface area (Å²) in [7, 11) is 0. The molecule has 0 spiro atoms. The van der Waals surface area contributed by atoms with Crippen LogP contribution in [0, 0.1) is 17.6 Å². The van der Waals surface area contributed by atoms with Crippen LogP contribution in [-0.4, -0.2) is 22.3 Å². The summed E-state index contributed by atoms with van der Waals surface area (Å²) in [6.45, 7) is 1.73. The van der Waals surface area contributed by atoms with Crippen molar-refractivity contribution >= 4 is 22.6 Å². The van der Waals surface area contributed by atoms with Crippen LogP contribution in [0.4, 0.5) is 14.6 Å². The molecule has 0 radical (unpaired) electrons. The van der Waals surface area contributed by atoms with Crippen molar-refractivity contribution in [2.45, 2.75) is 6.92 Å². The standard InChI is InChI=1S/C17H15F2N3O2/c1-10(9-24-13-5-2-11(18)3-6-13)17(23)22-15-8-12(19)4-7-14(15)16(20)21-22/h2-8,10H,9H2,1H3,(H2,20,21)/t10-/m0/s1. The van der Waals surface area contributed by atoms with Crippen molar-refractivity contribution in [2.75, 3.05) is 12.3 Å². The summed E-state index contributed by atoms with van der Waals surface area (Å²) in [5, 5.41) is 4.50. The fourth-order valence-corrected chi connectivity index (χ4v) is 2.31. The fraction of sp³-hybridized carbons (Fsp3) is 0.176. The fourth-order valence-electron chi connectivity index (χ4n) is 2.31. The Hall–Kier alpha value is -2.96. The molecule has 0 aliphatic rings. The van der Waals surface area contributed by atoms with Crippen LogP contribution >= 0.6 is 0 Å². The van der Waals surface area contributed by atoms with Crippen molar-refractivity contribution in [3.63, 3.8) is 0 Å². The van der Waals surface area contributed by atoms with E-state index in [-0.39, 0.29) is 24.1 Å². The van der Waals surface area contributed by atoms with Gasteiger partial charge < -0.3 is 10.5 Å². The summed E-state index contributed by atoms with van der Waals surface area (Å²) >= 11 is 0. The van der Waals surface area contributed by atoms with E-state index in [4.69, 9.17) is 10.5 Å². The van der Waals surface area contributed by atoms with Crippen molar-refractivity contribution in [1.82, 2.24) is 9.78 Å². The molecule has 1 atom stereocenters. The number of benzene rings is 2. The van der Waals surface area contributed by atoms with Gasteiger partial charge in [-0.3, -0.25) is 4.79 Å². The topological polar surface area (TPSA) is 70.1 Å². The van der Waals surface area contributed by atoms with E-state index in [1.54, 1.807) is 6.92 Å². The smallest absolute Gasteiger partial charge is 0.253 e. The number of carbonyl (C=O) groups excluding carboxylic acids is 1. The van der Waals surface area contributed by atoms with E-state index >= 15 is 0 Å². The highest BCUT2D eigenvalue weighted by atomic mass is 19.1. The highest BCUT2D eigenvalue weighted by Gasteiger charge is 2.21. The number of aromatic nitrogens is 2. The first-order valence-electron chi connectivity index (χ1n) is 7.32. The third-order valence-electron chi connectivity index (χ3n) is 3.62. The van der Waals surface area contributed by atoms with Crippen LogP contribution in [-0.2, 0) is 0 Å². The second kappa shape index (κ2) is 6.27. The Morgan fingerprint density at radius 2 is 1.88 bits per heavy atom. The highest BCUT2D eigenvalue weighted by molar-refractivity contribution is 5.97. The van der Waals surface area contributed by atoms with Gasteiger partial charge in [0.05, 0.1) is 18.0 Å². The van der Waals surface area contributed by atoms with Gasteiger partial charge in [-0.25, -0.2) is 8.78 Å². The summed E-state index contributed by atoms with van der Waals surface area (Å²) < 4.78 is 32.9. The van der Waals surface area contributed by atoms with Gasteiger partial charge in [-0.15, -0.1) is 5.10 Å². The highest BCUT2D eigenvalue weighted by Crippen LogP contribution is 2.22. The molecule has 0 saturated carbocycles. The number of rotatable bonds is 4. The third kappa shape index (κ3) is 3.05. The van der Waals surface area contributed by atoms with Crippen molar-refractivity contribution in [3.8, 4) is 5.75 Å². The molecule has 0 unspecified atom stereocenters. The summed E-state index contributed by atoms with van der Waals surface area (Å²) in [4.78, 5) is 12.5. The Bertz CT molecular complexity index is 891. The number of hydrogen-bond donors (Lipinski definition) is 1. The van der Waals surface area contributed by atoms with E-state index in [2.05, 4.69) is 5.10 Å². The summed E-state index contributed by atoms with van der Waals surface area (Å²) in [5.41, 5.74) is 6.08. The van der Waals surface area contributed by atoms with Gasteiger partial charge in [-0.1, -0.05) is 6.92 Å². The average Bonchev–Trinajstić information content (AvgIpc) is 2.89. The molecule has 0 bridgehead atoms. The molecule has 0 aliphatic carbocycles. The normalized spacial score (nSPS) is 12.3. The SMILES string of the molecule is C[C@@H](COc1ccc(F)cc1)C(=O)n1nc(N)c2ccc(F)cc21. The van der Waals surface area contributed by atoms with Crippen LogP contribution < -0.4 is 10.5 Å². The van der Waals surface area contributed by atoms with Crippen molar-refractivity contribution in [1.29, 1.82) is 0 Å². The Balaban J connectivity index is 1.78. The molecule has 24 heavy (non-hydrogen) atoms. The molecular formula is C17H15F2N3O2. The first kappa shape index (κ1) is 15.9. The van der Waals surface area contributed by atoms with E-state index in [0.29, 0.717) is 16.7 Å². The minimum Gasteiger partial charge on any atom is -0.493 e. The zero-order valence-electron chi connectivity index (χ0n) is 12.9. The number of carbonyl (C=O) groups is 1. The third-order valence-corrected chi connectivity index (χ3v) is 3.62. The molecule has 1 aromatic heterocycles. The molecule has 0 saturated heterocycles. The predicted octanol–water partition coefficient (Wildman–Crippen LogP) is 3.25. The van der Waals surface area contributed by atoms with Crippen LogP contribution in [0.25, 0.3) is 10.9 Å². The molecule has 2 aromatic carbocycles. The molecule has 0 aliphatic heterocycles. The lowest BCUT2D eigenvalue weighted by Crippen LogP contribution is -2.25. The van der Waals surface area contributed by atoms with Crippen LogP contribution in [0.15, 0.2) is 42.5 Å². The first-order chi connectivity index (χ1) is 11.5. The first-order valence-corrected chi connectivity index (χ1v) is 7.32. The van der Waals surface area contributed by atoms with E-state index in [1.165, 1.54) is 42.5 Å². The average molecular weight is 331 g/mol. The molecule has 3 rings (SSSR count). The molecular weight excluding hydrogens is 316 g/mol. The minimum atomic E-state index is -0.555. The summed E-state index contributed by atoms with van der Waals surface area (Å²) in [5.74, 6) is -1.17. The minimum absolute atomic E-state index is 0.0705. The van der Waals surface area contributed by atoms with Crippen LogP contribution in [0.5, 0.6) is 5.75 Å². The van der Waals surface area contributed by atoms with Gasteiger partial charge in [-0.2, -0.15) is 4.68 Å². The van der Waals surface area contributed by atoms with Gasteiger partial charge in [0, 0.05) is 11.5 Å². The van der Waals surface area contributed by atoms with Crippen molar-refractivity contribution < 1.29 is 18.3 Å². The molecule has 0 fully saturated rings. The number of nitrogens with zero attached hydrogens (tertiary/aromatic N) is 2. The molecule has 7 heteroatoms. The van der Waals surface area contributed by atoms with Crippen LogP contribution in [0.3, 0.4) is 0 Å². The number of anilines is 1. The lowest BCUT2D eigenvalue weighted by Gasteiger charge is -2.12. The van der Waals surface area contributed by atoms with E-state index in [9.17, 15) is 13.6 Å². The number of fused-ring (bicyclic) bond motifs is 1. The quantitative estimate of drug-likeness (QED) is 0.797. The molecule has 5 nitrogen and oxygen atoms in total. The summed E-state index contributed by atoms with van der Waals surface area (Å²) in [6.07, 6.45) is 0. The van der Waals surface area contributed by atoms with E-state index < -0.39 is 11.7 Å². The molecule has 124 valence electrons. The van der Waals surface area contributed by atoms with E-state index in [1.807, 2.05) is 0 Å². The zero-order valence-corrected chi connectivity index (χ0v) is 12.9. The van der Waals surface area contributed by atoms with Gasteiger partial charge in [0.1, 0.15) is 17.4 Å². The monoisotopic (exact) mass is 331 g/mol. The lowest BCUT2D eigenvalue weighted by atomic mass is 10.2. The van der Waals surface area contributed by atoms with Gasteiger partial charge >= 0.3 is 0 Å². The van der Waals surface area contributed by atoms with Crippen LogP contribution in [0.2, 0.25) is 0 Å². The van der Waals surface area contributed by atoms with Crippen LogP contribution in [0.1, 0.15) is 11.7 Å². The molecule has 2 N–H and O–H groups in total. The van der Waals surface area contributed by atoms with Gasteiger partial charge in [-0.05, 0) is 36.4 Å². The zero-order chi connectivity index (χ0) is 17.3. The summed E-state index contributed by atoms with van der Waals surface area (Å²) in [6, 6.07) is 9.45. The predicted molar refractivity (Wildman–Crippen MR) is 85.8 cm³/mol. The molecule has 3 aromatic rings. The lowest BCUT2D eigenvalue weighted by molar-refractivity contribution is 0.0791. The number of halogens is 2. The van der Waals surface area contributed by atoms with Crippen molar-refractivity contribution in [3.05, 3.63) is 54.1 Å². The Labute approximate surface area is 136 Å². The largest absolute Gasteiger partial charge is 0.493 e. The molecule has 1 heterocycles. The maximum absolute atomic E-state index is 13.4. The second-order valence-electron chi connectivity index (χ2n) is 5.46. The number of nitrogen functional groups attached to an aromatic ring is 1. The van der Waals surface area contributed by atoms with E-state index in [0.717, 1.165) is 4.68 Å². The van der Waals surface area contributed by atoms with Gasteiger partial charge in [0.2, 0.25) is 0 Å². The van der Waals surface area contributed by atoms with Gasteiger partial charge in [0.25, 0.3) is 5.91 Å². The number of nitrogens with two attached hydrogens (primary N) is 1. The Kier molecular flexibility index (Phi) is 4.16. The maximum atomic E-state index is 13.4. The number of hydrogen-bond acceptors (Lipinski definition) is 4. The second-order valence-corrected chi connectivity index (χ2v) is 5.46. The van der Waals surface area contributed by atoms with Crippen molar-refractivity contribution in [2.24, 2.45) is 5.92 Å². The Morgan fingerprint density at radius 3 is 2.58 bits per heavy atom.